The lowest BCUT2D eigenvalue weighted by Crippen LogP contribution is -2.24. The van der Waals surface area contributed by atoms with Crippen molar-refractivity contribution < 1.29 is 4.79 Å². The highest BCUT2D eigenvalue weighted by Crippen LogP contribution is 2.22. The van der Waals surface area contributed by atoms with Gasteiger partial charge >= 0.3 is 0 Å². The van der Waals surface area contributed by atoms with E-state index in [2.05, 4.69) is 31.4 Å². The summed E-state index contributed by atoms with van der Waals surface area (Å²) in [6.45, 7) is 1.99. The van der Waals surface area contributed by atoms with Gasteiger partial charge in [-0.1, -0.05) is 39.8 Å². The van der Waals surface area contributed by atoms with E-state index >= 15 is 0 Å². The Morgan fingerprint density at radius 1 is 1.23 bits per heavy atom. The van der Waals surface area contributed by atoms with Crippen molar-refractivity contribution in [3.63, 3.8) is 0 Å². The summed E-state index contributed by atoms with van der Waals surface area (Å²) in [6.07, 6.45) is 1.63. The lowest BCUT2D eigenvalue weighted by atomic mass is 10.2. The Labute approximate surface area is 195 Å². The van der Waals surface area contributed by atoms with E-state index in [1.165, 1.54) is 16.3 Å². The zero-order chi connectivity index (χ0) is 21.8. The van der Waals surface area contributed by atoms with Crippen molar-refractivity contribution in [1.29, 1.82) is 0 Å². The minimum atomic E-state index is -0.278. The van der Waals surface area contributed by atoms with Crippen molar-refractivity contribution in [3.8, 4) is 5.69 Å². The minimum absolute atomic E-state index is 0.0715. The molecule has 0 aliphatic rings. The molecule has 0 radical (unpaired) electrons. The van der Waals surface area contributed by atoms with E-state index in [0.29, 0.717) is 21.7 Å². The van der Waals surface area contributed by atoms with E-state index in [1.807, 2.05) is 54.8 Å². The maximum atomic E-state index is 13.2. The first-order chi connectivity index (χ1) is 15.0. The number of thiophene rings is 1. The first-order valence-electron chi connectivity index (χ1n) is 9.29. The van der Waals surface area contributed by atoms with Gasteiger partial charge in [0.15, 0.2) is 5.16 Å². The summed E-state index contributed by atoms with van der Waals surface area (Å²) >= 11 is 6.16. The monoisotopic (exact) mass is 512 g/mol. The minimum Gasteiger partial charge on any atom is -0.272 e. The maximum absolute atomic E-state index is 13.2. The molecule has 4 rings (SSSR count). The van der Waals surface area contributed by atoms with Gasteiger partial charge in [0.2, 0.25) is 0 Å². The first-order valence-corrected chi connectivity index (χ1v) is 12.0. The molecule has 0 saturated heterocycles. The van der Waals surface area contributed by atoms with Crippen LogP contribution >= 0.6 is 39.0 Å². The van der Waals surface area contributed by atoms with E-state index in [-0.39, 0.29) is 17.2 Å². The summed E-state index contributed by atoms with van der Waals surface area (Å²) in [7, 11) is 0. The average Bonchev–Trinajstić information content (AvgIpc) is 3.18. The van der Waals surface area contributed by atoms with Crippen molar-refractivity contribution in [2.45, 2.75) is 12.1 Å². The number of carbonyl (C=O) groups excluding carboxylic acids is 1. The van der Waals surface area contributed by atoms with Crippen LogP contribution in [0.4, 0.5) is 0 Å². The van der Waals surface area contributed by atoms with Crippen LogP contribution in [0.3, 0.4) is 0 Å². The molecule has 6 nitrogen and oxygen atoms in total. The van der Waals surface area contributed by atoms with Gasteiger partial charge in [-0.15, -0.1) is 11.3 Å². The van der Waals surface area contributed by atoms with Gasteiger partial charge in [-0.05, 0) is 60.3 Å². The standard InChI is InChI=1S/C22H17BrN4O2S2/c1-14-10-11-30-19(14)12-24-26-20(28)13-31-22-25-18-5-3-2-4-17(18)21(29)27(22)16-8-6-15(23)7-9-16/h2-12H,13H2,1H3,(H,26,28). The predicted molar refractivity (Wildman–Crippen MR) is 131 cm³/mol. The molecule has 0 atom stereocenters. The van der Waals surface area contributed by atoms with Gasteiger partial charge < -0.3 is 0 Å². The van der Waals surface area contributed by atoms with Crippen molar-refractivity contribution >= 4 is 62.1 Å². The second-order valence-electron chi connectivity index (χ2n) is 6.58. The number of amides is 1. The zero-order valence-electron chi connectivity index (χ0n) is 16.4. The number of nitrogens with one attached hydrogen (secondary N) is 1. The number of fused-ring (bicyclic) bond motifs is 1. The lowest BCUT2D eigenvalue weighted by Gasteiger charge is -2.13. The summed E-state index contributed by atoms with van der Waals surface area (Å²) < 4.78 is 2.44. The largest absolute Gasteiger partial charge is 0.272 e. The van der Waals surface area contributed by atoms with E-state index in [0.717, 1.165) is 14.9 Å². The number of benzene rings is 2. The van der Waals surface area contributed by atoms with Crippen molar-refractivity contribution in [1.82, 2.24) is 15.0 Å². The van der Waals surface area contributed by atoms with Gasteiger partial charge in [0.05, 0.1) is 28.6 Å². The Kier molecular flexibility index (Phi) is 6.64. The number of hydrogen-bond donors (Lipinski definition) is 1. The Hall–Kier alpha value is -2.75. The van der Waals surface area contributed by atoms with Crippen molar-refractivity contribution in [2.24, 2.45) is 5.10 Å². The molecular weight excluding hydrogens is 496 g/mol. The Morgan fingerprint density at radius 3 is 2.74 bits per heavy atom. The molecule has 0 fully saturated rings. The molecule has 31 heavy (non-hydrogen) atoms. The van der Waals surface area contributed by atoms with Gasteiger partial charge in [-0.3, -0.25) is 14.2 Å². The quantitative estimate of drug-likeness (QED) is 0.175. The number of hydrogen-bond acceptors (Lipinski definition) is 6. The lowest BCUT2D eigenvalue weighted by molar-refractivity contribution is -0.118. The fraction of sp³-hybridized carbons (Fsp3) is 0.0909. The Morgan fingerprint density at radius 2 is 2.00 bits per heavy atom. The highest BCUT2D eigenvalue weighted by molar-refractivity contribution is 9.10. The fourth-order valence-corrected chi connectivity index (χ4v) is 4.72. The number of carbonyl (C=O) groups is 1. The second kappa shape index (κ2) is 9.59. The Bertz CT molecular complexity index is 1330. The molecule has 0 saturated carbocycles. The molecule has 0 bridgehead atoms. The molecule has 0 aliphatic carbocycles. The summed E-state index contributed by atoms with van der Waals surface area (Å²) in [5.41, 5.74) is 4.73. The zero-order valence-corrected chi connectivity index (χ0v) is 19.6. The van der Waals surface area contributed by atoms with Crippen LogP contribution in [0.2, 0.25) is 0 Å². The smallest absolute Gasteiger partial charge is 0.266 e. The molecule has 1 amide bonds. The van der Waals surface area contributed by atoms with Gasteiger partial charge in [0.1, 0.15) is 0 Å². The third-order valence-corrected chi connectivity index (χ3v) is 6.86. The SMILES string of the molecule is Cc1ccsc1C=NNC(=O)CSc1nc2ccccc2c(=O)n1-c1ccc(Br)cc1. The molecule has 9 heteroatoms. The molecule has 156 valence electrons. The molecule has 1 N–H and O–H groups in total. The van der Waals surface area contributed by atoms with Crippen LogP contribution < -0.4 is 11.0 Å². The topological polar surface area (TPSA) is 76.3 Å². The van der Waals surface area contributed by atoms with Crippen LogP contribution in [0, 0.1) is 6.92 Å². The van der Waals surface area contributed by atoms with Gasteiger partial charge in [-0.2, -0.15) is 5.10 Å². The number of halogens is 1. The van der Waals surface area contributed by atoms with E-state index < -0.39 is 0 Å². The third kappa shape index (κ3) is 4.95. The number of para-hydroxylation sites is 1. The highest BCUT2D eigenvalue weighted by atomic mass is 79.9. The van der Waals surface area contributed by atoms with Crippen LogP contribution in [0.25, 0.3) is 16.6 Å². The molecule has 2 aromatic carbocycles. The van der Waals surface area contributed by atoms with Gasteiger partial charge in [-0.25, -0.2) is 10.4 Å². The molecular formula is C22H17BrN4O2S2. The van der Waals surface area contributed by atoms with Gasteiger partial charge in [0, 0.05) is 9.35 Å². The summed E-state index contributed by atoms with van der Waals surface area (Å²) in [4.78, 5) is 31.1. The molecule has 0 spiro atoms. The molecule has 4 aromatic rings. The van der Waals surface area contributed by atoms with Crippen molar-refractivity contribution in [3.05, 3.63) is 85.2 Å². The Balaban J connectivity index is 1.59. The van der Waals surface area contributed by atoms with Crippen LogP contribution in [-0.4, -0.2) is 27.4 Å². The number of aromatic nitrogens is 2. The molecule has 0 aliphatic heterocycles. The van der Waals surface area contributed by atoms with Crippen LogP contribution in [-0.2, 0) is 4.79 Å². The fourth-order valence-electron chi connectivity index (χ4n) is 2.87. The van der Waals surface area contributed by atoms with Gasteiger partial charge in [0.25, 0.3) is 11.5 Å². The summed E-state index contributed by atoms with van der Waals surface area (Å²) in [5.74, 6) is -0.206. The first kappa shape index (κ1) is 21.5. The number of nitrogens with zero attached hydrogens (tertiary/aromatic N) is 3. The molecule has 0 unspecified atom stereocenters. The number of hydrazone groups is 1. The third-order valence-electron chi connectivity index (χ3n) is 4.43. The average molecular weight is 513 g/mol. The summed E-state index contributed by atoms with van der Waals surface area (Å²) in [5, 5.41) is 6.96. The second-order valence-corrected chi connectivity index (χ2v) is 9.38. The van der Waals surface area contributed by atoms with Crippen LogP contribution in [0.15, 0.2) is 79.5 Å². The van der Waals surface area contributed by atoms with E-state index in [1.54, 1.807) is 29.7 Å². The number of aryl methyl sites for hydroxylation is 1. The highest BCUT2D eigenvalue weighted by Gasteiger charge is 2.14. The van der Waals surface area contributed by atoms with Crippen LogP contribution in [0.5, 0.6) is 0 Å². The predicted octanol–water partition coefficient (Wildman–Crippen LogP) is 4.76. The number of thioether (sulfide) groups is 1. The van der Waals surface area contributed by atoms with Crippen molar-refractivity contribution in [2.75, 3.05) is 5.75 Å². The van der Waals surface area contributed by atoms with Crippen LogP contribution in [0.1, 0.15) is 10.4 Å². The maximum Gasteiger partial charge on any atom is 0.266 e. The van der Waals surface area contributed by atoms with E-state index in [9.17, 15) is 9.59 Å². The van der Waals surface area contributed by atoms with E-state index in [4.69, 9.17) is 0 Å². The number of rotatable bonds is 6. The summed E-state index contributed by atoms with van der Waals surface area (Å²) in [6, 6.07) is 16.6. The molecule has 2 heterocycles. The normalized spacial score (nSPS) is 11.3. The molecule has 2 aromatic heterocycles.